The van der Waals surface area contributed by atoms with Gasteiger partial charge >= 0.3 is 12.1 Å². The van der Waals surface area contributed by atoms with Gasteiger partial charge in [-0.05, 0) is 43.6 Å². The molecule has 34 heavy (non-hydrogen) atoms. The molecular formula is C22H28Cl2IN3O6. The maximum atomic E-state index is 13.4. The Balaban J connectivity index is 1.83. The second kappa shape index (κ2) is 13.1. The van der Waals surface area contributed by atoms with Gasteiger partial charge in [0.25, 0.3) is 0 Å². The van der Waals surface area contributed by atoms with Gasteiger partial charge in [0.05, 0.1) is 42.3 Å². The molecule has 0 N–H and O–H groups in total. The lowest BCUT2D eigenvalue weighted by atomic mass is 9.99. The summed E-state index contributed by atoms with van der Waals surface area (Å²) in [6.45, 7) is 2.92. The summed E-state index contributed by atoms with van der Waals surface area (Å²) in [5.74, 6) is -0.603. The SMILES string of the molecule is COC(=O)N1CCN(C(=O)Cc2ccc(Cl)c(Cl)c2)[C@H](CN2CCCC2)[C@@H]1COCC(=O)OI. The second-order valence-electron chi connectivity index (χ2n) is 8.28. The van der Waals surface area contributed by atoms with E-state index in [0.29, 0.717) is 29.7 Å². The van der Waals surface area contributed by atoms with Crippen molar-refractivity contribution < 1.29 is 26.9 Å². The van der Waals surface area contributed by atoms with Crippen LogP contribution in [0.3, 0.4) is 0 Å². The molecule has 1 aromatic rings. The van der Waals surface area contributed by atoms with Crippen molar-refractivity contribution in [1.29, 1.82) is 0 Å². The maximum absolute atomic E-state index is 13.4. The molecule has 0 bridgehead atoms. The predicted molar refractivity (Wildman–Crippen MR) is 135 cm³/mol. The van der Waals surface area contributed by atoms with E-state index in [9.17, 15) is 14.4 Å². The molecule has 1 aromatic carbocycles. The normalized spacial score (nSPS) is 20.9. The first-order chi connectivity index (χ1) is 16.3. The first-order valence-electron chi connectivity index (χ1n) is 11.0. The lowest BCUT2D eigenvalue weighted by Gasteiger charge is -2.48. The number of hydrogen-bond donors (Lipinski definition) is 0. The molecule has 2 fully saturated rings. The zero-order valence-electron chi connectivity index (χ0n) is 18.9. The van der Waals surface area contributed by atoms with Gasteiger partial charge in [-0.2, -0.15) is 0 Å². The van der Waals surface area contributed by atoms with Crippen molar-refractivity contribution in [2.75, 3.05) is 53.0 Å². The van der Waals surface area contributed by atoms with Gasteiger partial charge in [-0.3, -0.25) is 9.69 Å². The lowest BCUT2D eigenvalue weighted by molar-refractivity contribution is -0.143. The van der Waals surface area contributed by atoms with Crippen molar-refractivity contribution in [3.63, 3.8) is 0 Å². The summed E-state index contributed by atoms with van der Waals surface area (Å²) in [7, 11) is 1.32. The van der Waals surface area contributed by atoms with Gasteiger partial charge in [0.15, 0.2) is 23.0 Å². The molecule has 0 saturated carbocycles. The largest absolute Gasteiger partial charge is 0.453 e. The Kier molecular flexibility index (Phi) is 10.5. The Labute approximate surface area is 223 Å². The number of amides is 2. The van der Waals surface area contributed by atoms with E-state index in [-0.39, 0.29) is 31.6 Å². The average molecular weight is 628 g/mol. The van der Waals surface area contributed by atoms with Crippen LogP contribution in [0.2, 0.25) is 10.0 Å². The number of nitrogens with zero attached hydrogens (tertiary/aromatic N) is 3. The Morgan fingerprint density at radius 1 is 1.03 bits per heavy atom. The molecule has 0 unspecified atom stereocenters. The third-order valence-electron chi connectivity index (χ3n) is 6.13. The number of carbonyl (C=O) groups is 3. The Morgan fingerprint density at radius 3 is 2.38 bits per heavy atom. The van der Waals surface area contributed by atoms with Crippen molar-refractivity contribution >= 4 is 64.2 Å². The molecule has 12 heteroatoms. The zero-order valence-corrected chi connectivity index (χ0v) is 22.6. The molecule has 3 rings (SSSR count). The van der Waals surface area contributed by atoms with Gasteiger partial charge < -0.3 is 22.3 Å². The molecule has 2 amide bonds. The van der Waals surface area contributed by atoms with E-state index < -0.39 is 18.1 Å². The average Bonchev–Trinajstić information content (AvgIpc) is 3.34. The molecule has 2 heterocycles. The molecule has 2 aliphatic heterocycles. The summed E-state index contributed by atoms with van der Waals surface area (Å²) < 4.78 is 15.2. The van der Waals surface area contributed by atoms with Crippen LogP contribution in [0, 0.1) is 0 Å². The number of likely N-dealkylation sites (tertiary alicyclic amines) is 1. The van der Waals surface area contributed by atoms with Crippen molar-refractivity contribution in [2.45, 2.75) is 31.3 Å². The van der Waals surface area contributed by atoms with E-state index in [2.05, 4.69) is 7.97 Å². The van der Waals surface area contributed by atoms with Crippen LogP contribution in [0.15, 0.2) is 18.2 Å². The molecule has 0 spiro atoms. The number of ether oxygens (including phenoxy) is 2. The van der Waals surface area contributed by atoms with E-state index in [1.165, 1.54) is 30.1 Å². The highest BCUT2D eigenvalue weighted by Crippen LogP contribution is 2.26. The fourth-order valence-corrected chi connectivity index (χ4v) is 4.93. The summed E-state index contributed by atoms with van der Waals surface area (Å²) in [4.78, 5) is 43.3. The number of hydrogen-bond acceptors (Lipinski definition) is 7. The van der Waals surface area contributed by atoms with Crippen LogP contribution in [0.1, 0.15) is 18.4 Å². The van der Waals surface area contributed by atoms with Crippen LogP contribution in [-0.2, 0) is 28.5 Å². The molecule has 0 aromatic heterocycles. The number of piperazine rings is 1. The standard InChI is InChI=1S/C22H28Cl2IN3O6/c1-32-22(31)28-9-8-27(20(29)11-15-4-5-16(23)17(24)10-15)18(12-26-6-2-3-7-26)19(28)13-33-14-21(30)34-25/h4-5,10,18-19H,2-3,6-9,11-14H2,1H3/t18-,19+/m1/s1. The first-order valence-corrected chi connectivity index (χ1v) is 12.7. The summed E-state index contributed by atoms with van der Waals surface area (Å²) in [6, 6.07) is 4.32. The van der Waals surface area contributed by atoms with E-state index in [4.69, 9.17) is 32.7 Å². The number of halogens is 3. The Morgan fingerprint density at radius 2 is 1.74 bits per heavy atom. The quantitative estimate of drug-likeness (QED) is 0.409. The number of methoxy groups -OCH3 is 1. The van der Waals surface area contributed by atoms with Crippen molar-refractivity contribution in [1.82, 2.24) is 14.7 Å². The third kappa shape index (κ3) is 7.09. The minimum Gasteiger partial charge on any atom is -0.453 e. The van der Waals surface area contributed by atoms with Crippen LogP contribution in [-0.4, -0.2) is 97.8 Å². The molecule has 2 atom stereocenters. The number of benzene rings is 1. The van der Waals surface area contributed by atoms with E-state index >= 15 is 0 Å². The van der Waals surface area contributed by atoms with Gasteiger partial charge in [0, 0.05) is 19.6 Å². The Bertz CT molecular complexity index is 886. The van der Waals surface area contributed by atoms with Gasteiger partial charge in [-0.25, -0.2) is 9.59 Å². The van der Waals surface area contributed by atoms with E-state index in [1.54, 1.807) is 23.1 Å². The van der Waals surface area contributed by atoms with Crippen LogP contribution in [0.4, 0.5) is 4.79 Å². The minimum absolute atomic E-state index is 0.0654. The zero-order chi connectivity index (χ0) is 24.7. The van der Waals surface area contributed by atoms with Crippen molar-refractivity contribution in [3.8, 4) is 0 Å². The van der Waals surface area contributed by atoms with Crippen LogP contribution >= 0.6 is 46.2 Å². The minimum atomic E-state index is -0.523. The van der Waals surface area contributed by atoms with Gasteiger partial charge in [0.2, 0.25) is 5.91 Å². The highest BCUT2D eigenvalue weighted by molar-refractivity contribution is 14.1. The molecule has 0 aliphatic carbocycles. The fraction of sp³-hybridized carbons (Fsp3) is 0.591. The lowest BCUT2D eigenvalue weighted by Crippen LogP contribution is -2.66. The summed E-state index contributed by atoms with van der Waals surface area (Å²) in [5.41, 5.74) is 0.757. The van der Waals surface area contributed by atoms with Gasteiger partial charge in [0.1, 0.15) is 6.61 Å². The summed E-state index contributed by atoms with van der Waals surface area (Å²) >= 11 is 13.7. The summed E-state index contributed by atoms with van der Waals surface area (Å²) in [5, 5.41) is 0.822. The first kappa shape index (κ1) is 27.3. The van der Waals surface area contributed by atoms with E-state index in [0.717, 1.165) is 31.5 Å². The topological polar surface area (TPSA) is 88.6 Å². The van der Waals surface area contributed by atoms with Crippen molar-refractivity contribution in [2.24, 2.45) is 0 Å². The smallest absolute Gasteiger partial charge is 0.409 e. The number of carbonyl (C=O) groups excluding carboxylic acids is 3. The molecule has 9 nitrogen and oxygen atoms in total. The highest BCUT2D eigenvalue weighted by Gasteiger charge is 2.42. The number of rotatable bonds is 8. The molecular weight excluding hydrogens is 600 g/mol. The van der Waals surface area contributed by atoms with Gasteiger partial charge in [-0.1, -0.05) is 29.3 Å². The molecule has 188 valence electrons. The van der Waals surface area contributed by atoms with E-state index in [1.807, 2.05) is 4.90 Å². The second-order valence-corrected chi connectivity index (χ2v) is 9.54. The summed E-state index contributed by atoms with van der Waals surface area (Å²) in [6.07, 6.45) is 1.84. The van der Waals surface area contributed by atoms with Crippen LogP contribution in [0.5, 0.6) is 0 Å². The molecule has 2 saturated heterocycles. The third-order valence-corrected chi connectivity index (χ3v) is 7.36. The monoisotopic (exact) mass is 627 g/mol. The predicted octanol–water partition coefficient (Wildman–Crippen LogP) is 3.19. The van der Waals surface area contributed by atoms with Gasteiger partial charge in [-0.15, -0.1) is 0 Å². The fourth-order valence-electron chi connectivity index (χ4n) is 4.48. The van der Waals surface area contributed by atoms with Crippen LogP contribution in [0.25, 0.3) is 0 Å². The van der Waals surface area contributed by atoms with Crippen LogP contribution < -0.4 is 0 Å². The molecule has 2 aliphatic rings. The molecule has 0 radical (unpaired) electrons. The Hall–Kier alpha value is -1.34. The highest BCUT2D eigenvalue weighted by atomic mass is 127. The maximum Gasteiger partial charge on any atom is 0.409 e. The van der Waals surface area contributed by atoms with Crippen molar-refractivity contribution in [3.05, 3.63) is 33.8 Å².